The van der Waals surface area contributed by atoms with Crippen molar-refractivity contribution in [2.75, 3.05) is 6.61 Å². The number of hydrogen-bond acceptors (Lipinski definition) is 12. The standard InChI is InChI=1S/C69H129IO12Si5/c1-46-38-52(31-33-56-47(2)39-51(74-56)30-29-37-71)75-59(48(46)3)44-60-49(41-54(76-60)43-55(79-84(21,22)66(7,8)9)45-73-83(19,20)65(4,5)6)40-50(72)42-53-32-34-57-61(77-53)63(81-86(25,26)68(13,14)15)64(82-87(27,28)69(16,17)18)62(78-57)58(35-36-70)80-85(23,24)67(10,11)12/h35-37,46,49,51-64H,2-3,29-34,38-45H2,1,4-28H3/b36-35+/t46-,49+,51-,52-,53+,54-,55-,56-,57-,58?,59+,60-,61?,62?,63?,64?/m0/s1. The molecule has 0 radical (unpaired) electrons. The molecule has 18 heteroatoms. The van der Waals surface area contributed by atoms with Gasteiger partial charge < -0.3 is 50.6 Å². The lowest BCUT2D eigenvalue weighted by atomic mass is 9.82. The molecule has 0 N–H and O–H groups in total. The summed E-state index contributed by atoms with van der Waals surface area (Å²) < 4.78 is 74.8. The highest BCUT2D eigenvalue weighted by Crippen LogP contribution is 2.49. The minimum absolute atomic E-state index is 0.00717. The van der Waals surface area contributed by atoms with E-state index in [0.717, 1.165) is 62.4 Å². The molecule has 87 heavy (non-hydrogen) atoms. The Labute approximate surface area is 551 Å². The van der Waals surface area contributed by atoms with Crippen LogP contribution < -0.4 is 0 Å². The van der Waals surface area contributed by atoms with Crippen molar-refractivity contribution in [1.82, 2.24) is 0 Å². The molecular weight excluding hydrogens is 1290 g/mol. The lowest BCUT2D eigenvalue weighted by Gasteiger charge is -2.56. The summed E-state index contributed by atoms with van der Waals surface area (Å²) in [4.78, 5) is 26.3. The second-order valence-corrected chi connectivity index (χ2v) is 59.5. The second kappa shape index (κ2) is 29.9. The predicted molar refractivity (Wildman–Crippen MR) is 380 cm³/mol. The minimum atomic E-state index is -2.48. The Morgan fingerprint density at radius 2 is 1.17 bits per heavy atom. The maximum Gasteiger partial charge on any atom is 0.193 e. The molecule has 0 spiro atoms. The van der Waals surface area contributed by atoms with Gasteiger partial charge in [0.2, 0.25) is 0 Å². The van der Waals surface area contributed by atoms with Gasteiger partial charge in [-0.1, -0.05) is 147 Å². The summed E-state index contributed by atoms with van der Waals surface area (Å²) in [6.07, 6.45) is 8.41. The number of hydrogen-bond donors (Lipinski definition) is 0. The van der Waals surface area contributed by atoms with Gasteiger partial charge in [-0.2, -0.15) is 0 Å². The van der Waals surface area contributed by atoms with Crippen LogP contribution in [0.25, 0.3) is 0 Å². The molecule has 5 rings (SSSR count). The highest BCUT2D eigenvalue weighted by atomic mass is 127. The molecule has 16 atom stereocenters. The molecule has 0 aromatic rings. The lowest BCUT2D eigenvalue weighted by Crippen LogP contribution is -2.69. The molecule has 0 amide bonds. The van der Waals surface area contributed by atoms with E-state index in [1.165, 1.54) is 0 Å². The monoisotopic (exact) mass is 1420 g/mol. The van der Waals surface area contributed by atoms with Crippen LogP contribution in [0.15, 0.2) is 34.5 Å². The molecule has 504 valence electrons. The van der Waals surface area contributed by atoms with Crippen LogP contribution in [0.1, 0.15) is 194 Å². The van der Waals surface area contributed by atoms with E-state index in [1.54, 1.807) is 0 Å². The molecule has 5 aliphatic heterocycles. The Hall–Kier alpha value is -0.0256. The van der Waals surface area contributed by atoms with Crippen LogP contribution in [0.3, 0.4) is 0 Å². The van der Waals surface area contributed by atoms with Crippen LogP contribution in [-0.4, -0.2) is 146 Å². The lowest BCUT2D eigenvalue weighted by molar-refractivity contribution is -0.266. The molecule has 5 fully saturated rings. The number of Topliss-reactive ketones (excluding diaryl/α,β-unsaturated/α-hetero) is 1. The number of ketones is 1. The third kappa shape index (κ3) is 20.5. The van der Waals surface area contributed by atoms with Crippen molar-refractivity contribution >= 4 is 76.2 Å². The van der Waals surface area contributed by atoms with E-state index in [0.29, 0.717) is 45.1 Å². The van der Waals surface area contributed by atoms with Gasteiger partial charge in [-0.3, -0.25) is 4.79 Å². The second-order valence-electron chi connectivity index (χ2n) is 35.0. The third-order valence-electron chi connectivity index (χ3n) is 22.8. The Morgan fingerprint density at radius 3 is 1.72 bits per heavy atom. The molecule has 0 saturated carbocycles. The molecule has 5 aliphatic rings. The van der Waals surface area contributed by atoms with E-state index in [1.807, 2.05) is 0 Å². The first-order valence-corrected chi connectivity index (χ1v) is 49.5. The Balaban J connectivity index is 1.47. The van der Waals surface area contributed by atoms with E-state index in [-0.39, 0.29) is 104 Å². The van der Waals surface area contributed by atoms with E-state index in [4.69, 9.17) is 45.8 Å². The molecule has 0 aliphatic carbocycles. The summed E-state index contributed by atoms with van der Waals surface area (Å²) in [7, 11) is -11.6. The minimum Gasteiger partial charge on any atom is -0.414 e. The Morgan fingerprint density at radius 1 is 0.621 bits per heavy atom. The molecule has 0 aromatic heterocycles. The zero-order valence-electron chi connectivity index (χ0n) is 60.1. The van der Waals surface area contributed by atoms with Gasteiger partial charge in [0.25, 0.3) is 0 Å². The van der Waals surface area contributed by atoms with Crippen LogP contribution >= 0.6 is 22.6 Å². The van der Waals surface area contributed by atoms with Crippen molar-refractivity contribution in [3.05, 3.63) is 34.5 Å². The van der Waals surface area contributed by atoms with Gasteiger partial charge in [0.1, 0.15) is 36.5 Å². The summed E-state index contributed by atoms with van der Waals surface area (Å²) in [6.45, 7) is 69.5. The number of carbonyl (C=O) groups is 2. The van der Waals surface area contributed by atoms with Crippen molar-refractivity contribution in [3.8, 4) is 0 Å². The van der Waals surface area contributed by atoms with Gasteiger partial charge in [-0.05, 0) is 175 Å². The number of rotatable bonds is 27. The van der Waals surface area contributed by atoms with E-state index < -0.39 is 66.0 Å². The Kier molecular flexibility index (Phi) is 26.7. The summed E-state index contributed by atoms with van der Waals surface area (Å²) in [6, 6.07) is 0. The fourth-order valence-electron chi connectivity index (χ4n) is 11.9. The van der Waals surface area contributed by atoms with Crippen molar-refractivity contribution < 1.29 is 55.4 Å². The normalized spacial score (nSPS) is 31.3. The number of halogens is 1. The summed E-state index contributed by atoms with van der Waals surface area (Å²) in [5, 5.41) is -0.156. The van der Waals surface area contributed by atoms with E-state index in [9.17, 15) is 4.79 Å². The van der Waals surface area contributed by atoms with Crippen molar-refractivity contribution in [1.29, 1.82) is 0 Å². The number of carbonyl (C=O) groups excluding carboxylic acids is 2. The molecule has 0 aromatic carbocycles. The first kappa shape index (κ1) is 77.7. The largest absolute Gasteiger partial charge is 0.414 e. The quantitative estimate of drug-likeness (QED) is 0.0336. The molecule has 12 nitrogen and oxygen atoms in total. The maximum atomic E-state index is 15.2. The van der Waals surface area contributed by atoms with Crippen molar-refractivity contribution in [3.63, 3.8) is 0 Å². The summed E-state index contributed by atoms with van der Waals surface area (Å²) in [5.41, 5.74) is 2.20. The average Bonchev–Trinajstić information content (AvgIpc) is 1.41. The van der Waals surface area contributed by atoms with Gasteiger partial charge in [-0.15, -0.1) is 0 Å². The Bertz CT molecular complexity index is 2310. The highest BCUT2D eigenvalue weighted by molar-refractivity contribution is 14.1. The molecule has 5 heterocycles. The smallest absolute Gasteiger partial charge is 0.193 e. The summed E-state index contributed by atoms with van der Waals surface area (Å²) in [5.74, 6) is 0.403. The predicted octanol–water partition coefficient (Wildman–Crippen LogP) is 18.6. The molecular formula is C69H129IO12Si5. The van der Waals surface area contributed by atoms with Gasteiger partial charge in [0, 0.05) is 32.1 Å². The van der Waals surface area contributed by atoms with E-state index in [2.05, 4.69) is 222 Å². The van der Waals surface area contributed by atoms with Gasteiger partial charge in [-0.25, -0.2) is 0 Å². The fraction of sp³-hybridized carbons (Fsp3) is 0.884. The topological polar surface area (TPSA) is 126 Å². The fourth-order valence-corrected chi connectivity index (χ4v) is 18.5. The number of aldehydes is 1. The van der Waals surface area contributed by atoms with Crippen LogP contribution in [0.4, 0.5) is 0 Å². The zero-order chi connectivity index (χ0) is 66.1. The first-order chi connectivity index (χ1) is 39.5. The van der Waals surface area contributed by atoms with Crippen LogP contribution in [0.2, 0.25) is 90.7 Å². The van der Waals surface area contributed by atoms with Crippen LogP contribution in [-0.2, 0) is 55.4 Å². The third-order valence-corrected chi connectivity index (χ3v) is 45.7. The van der Waals surface area contributed by atoms with Crippen LogP contribution in [0, 0.1) is 11.8 Å². The van der Waals surface area contributed by atoms with Crippen molar-refractivity contribution in [2.45, 2.75) is 370 Å². The SMILES string of the molecule is C=C1C[C@H](CCC=O)O[C@H]1CC[C@H]1C[C@H](C)C(=C)[C@@H](C[C@@H]2O[C@H](C[C@@H](CO[Si](C)(C)C(C)(C)C)O[Si](C)(C)C(C)(C)C)C[C@H]2CC(=O)C[C@H]2CC[C@@H]3OC(C(/C=C/I)O[Si](C)(C)C(C)(C)C)C(O[Si](C)(C)C(C)(C)C)C(O[Si](C)(C)C(C)(C)C)C3O2)O1. The van der Waals surface area contributed by atoms with Gasteiger partial charge in [0.15, 0.2) is 41.6 Å². The van der Waals surface area contributed by atoms with Crippen molar-refractivity contribution in [2.24, 2.45) is 11.8 Å². The summed E-state index contributed by atoms with van der Waals surface area (Å²) >= 11 is 2.32. The number of ether oxygens (including phenoxy) is 5. The molecule has 5 unspecified atom stereocenters. The number of fused-ring (bicyclic) bond motifs is 1. The van der Waals surface area contributed by atoms with Gasteiger partial charge >= 0.3 is 0 Å². The van der Waals surface area contributed by atoms with Crippen LogP contribution in [0.5, 0.6) is 0 Å². The first-order valence-electron chi connectivity index (χ1n) is 33.7. The highest BCUT2D eigenvalue weighted by Gasteiger charge is 2.58. The average molecular weight is 1420 g/mol. The molecule has 0 bridgehead atoms. The maximum absolute atomic E-state index is 15.2. The molecule has 5 saturated heterocycles. The zero-order valence-corrected chi connectivity index (χ0v) is 67.2. The van der Waals surface area contributed by atoms with E-state index >= 15 is 4.79 Å². The van der Waals surface area contributed by atoms with Gasteiger partial charge in [0.05, 0.1) is 67.6 Å².